The summed E-state index contributed by atoms with van der Waals surface area (Å²) in [4.78, 5) is 29.2. The molecule has 7 heteroatoms. The van der Waals surface area contributed by atoms with E-state index in [0.717, 1.165) is 54.6 Å². The maximum atomic E-state index is 12.5. The molecule has 3 fully saturated rings. The Hall–Kier alpha value is -2.41. The van der Waals surface area contributed by atoms with Gasteiger partial charge in [-0.3, -0.25) is 24.5 Å². The smallest absolute Gasteiger partial charge is 0.235 e. The van der Waals surface area contributed by atoms with Crippen LogP contribution in [-0.4, -0.2) is 59.2 Å². The third-order valence-corrected chi connectivity index (χ3v) is 8.18. The molecule has 2 amide bonds. The van der Waals surface area contributed by atoms with Gasteiger partial charge in [-0.05, 0) is 30.7 Å². The molecule has 1 saturated carbocycles. The van der Waals surface area contributed by atoms with Gasteiger partial charge in [-0.1, -0.05) is 51.2 Å². The lowest BCUT2D eigenvalue weighted by Crippen LogP contribution is -2.47. The number of aryl methyl sites for hydroxylation is 1. The summed E-state index contributed by atoms with van der Waals surface area (Å²) in [5, 5.41) is 8.27. The van der Waals surface area contributed by atoms with E-state index in [-0.39, 0.29) is 17.7 Å². The van der Waals surface area contributed by atoms with Crippen molar-refractivity contribution in [1.82, 2.24) is 20.0 Å². The first-order valence-electron chi connectivity index (χ1n) is 13.3. The van der Waals surface area contributed by atoms with Crippen molar-refractivity contribution >= 4 is 28.4 Å². The van der Waals surface area contributed by atoms with Gasteiger partial charge in [0.25, 0.3) is 0 Å². The summed E-state index contributed by atoms with van der Waals surface area (Å²) in [6.45, 7) is 7.84. The van der Waals surface area contributed by atoms with Gasteiger partial charge in [0, 0.05) is 51.6 Å². The van der Waals surface area contributed by atoms with Crippen molar-refractivity contribution < 1.29 is 9.59 Å². The zero-order valence-corrected chi connectivity index (χ0v) is 20.8. The highest BCUT2D eigenvalue weighted by Gasteiger charge is 2.32. The summed E-state index contributed by atoms with van der Waals surface area (Å²) in [5.74, 6) is 0.946. The van der Waals surface area contributed by atoms with E-state index in [2.05, 4.69) is 40.2 Å². The van der Waals surface area contributed by atoms with Gasteiger partial charge in [-0.2, -0.15) is 5.10 Å². The van der Waals surface area contributed by atoms with Crippen LogP contribution in [-0.2, 0) is 16.6 Å². The number of anilines is 1. The first kappa shape index (κ1) is 23.3. The van der Waals surface area contributed by atoms with Crippen molar-refractivity contribution in [3.05, 3.63) is 23.9 Å². The molecular weight excluding hydrogens is 426 g/mol. The summed E-state index contributed by atoms with van der Waals surface area (Å²) in [7, 11) is 1.96. The highest BCUT2D eigenvalue weighted by molar-refractivity contribution is 6.03. The Kier molecular flexibility index (Phi) is 6.91. The highest BCUT2D eigenvalue weighted by Crippen LogP contribution is 2.35. The Morgan fingerprint density at radius 1 is 1.06 bits per heavy atom. The number of imide groups is 1. The zero-order valence-electron chi connectivity index (χ0n) is 20.8. The SMILES string of the molecule is C[C@@H](CC1CCCCC1)CN1CCN(c2cccc3c(C4CCC(=O)NC4=O)nn(C)c23)CC1. The van der Waals surface area contributed by atoms with Crippen molar-refractivity contribution in [2.24, 2.45) is 18.9 Å². The Morgan fingerprint density at radius 2 is 1.82 bits per heavy atom. The van der Waals surface area contributed by atoms with Gasteiger partial charge in [0.2, 0.25) is 11.8 Å². The quantitative estimate of drug-likeness (QED) is 0.657. The Bertz CT molecular complexity index is 1030. The predicted molar refractivity (Wildman–Crippen MR) is 135 cm³/mol. The number of para-hydroxylation sites is 1. The van der Waals surface area contributed by atoms with E-state index < -0.39 is 0 Å². The van der Waals surface area contributed by atoms with Crippen LogP contribution in [0.2, 0.25) is 0 Å². The molecule has 7 nitrogen and oxygen atoms in total. The van der Waals surface area contributed by atoms with Crippen LogP contribution in [0.3, 0.4) is 0 Å². The van der Waals surface area contributed by atoms with Gasteiger partial charge in [0.1, 0.15) is 0 Å². The molecule has 184 valence electrons. The molecule has 3 heterocycles. The van der Waals surface area contributed by atoms with Crippen molar-refractivity contribution in [3.8, 4) is 0 Å². The number of hydrogen-bond donors (Lipinski definition) is 1. The molecule has 5 rings (SSSR count). The molecule has 34 heavy (non-hydrogen) atoms. The molecule has 2 saturated heterocycles. The summed E-state index contributed by atoms with van der Waals surface area (Å²) < 4.78 is 1.92. The lowest BCUT2D eigenvalue weighted by molar-refractivity contribution is -0.134. The second-order valence-corrected chi connectivity index (χ2v) is 10.8. The number of fused-ring (bicyclic) bond motifs is 1. The van der Waals surface area contributed by atoms with Gasteiger partial charge in [0.15, 0.2) is 0 Å². The van der Waals surface area contributed by atoms with E-state index in [0.29, 0.717) is 12.8 Å². The largest absolute Gasteiger partial charge is 0.367 e. The lowest BCUT2D eigenvalue weighted by Gasteiger charge is -2.38. The van der Waals surface area contributed by atoms with E-state index in [1.54, 1.807) is 0 Å². The molecule has 1 N–H and O–H groups in total. The van der Waals surface area contributed by atoms with Crippen LogP contribution in [0.15, 0.2) is 18.2 Å². The number of benzene rings is 1. The second-order valence-electron chi connectivity index (χ2n) is 10.8. The molecule has 1 unspecified atom stereocenters. The number of piperazine rings is 1. The average molecular weight is 466 g/mol. The van der Waals surface area contributed by atoms with Crippen molar-refractivity contribution in [1.29, 1.82) is 0 Å². The van der Waals surface area contributed by atoms with Crippen molar-refractivity contribution in [2.45, 2.75) is 64.2 Å². The molecule has 1 aliphatic carbocycles. The molecule has 0 bridgehead atoms. The summed E-state index contributed by atoms with van der Waals surface area (Å²) >= 11 is 0. The number of piperidine rings is 1. The molecule has 1 aromatic carbocycles. The second kappa shape index (κ2) is 10.1. The summed E-state index contributed by atoms with van der Waals surface area (Å²) in [6.07, 6.45) is 9.46. The van der Waals surface area contributed by atoms with Crippen LogP contribution in [0.4, 0.5) is 5.69 Å². The fourth-order valence-electron chi connectivity index (χ4n) is 6.49. The fraction of sp³-hybridized carbons (Fsp3) is 0.667. The van der Waals surface area contributed by atoms with Gasteiger partial charge in [-0.25, -0.2) is 0 Å². The number of hydrogen-bond acceptors (Lipinski definition) is 5. The first-order valence-corrected chi connectivity index (χ1v) is 13.3. The molecule has 3 aliphatic rings. The molecule has 2 atom stereocenters. The number of nitrogens with zero attached hydrogens (tertiary/aromatic N) is 4. The predicted octanol–water partition coefficient (Wildman–Crippen LogP) is 3.82. The van der Waals surface area contributed by atoms with Crippen LogP contribution < -0.4 is 10.2 Å². The minimum absolute atomic E-state index is 0.187. The molecule has 0 radical (unpaired) electrons. The fourth-order valence-corrected chi connectivity index (χ4v) is 6.49. The molecule has 0 spiro atoms. The Balaban J connectivity index is 1.25. The van der Waals surface area contributed by atoms with Crippen molar-refractivity contribution in [3.63, 3.8) is 0 Å². The normalized spacial score (nSPS) is 23.9. The Labute approximate surface area is 202 Å². The topological polar surface area (TPSA) is 70.5 Å². The minimum atomic E-state index is -0.362. The van der Waals surface area contributed by atoms with E-state index in [4.69, 9.17) is 5.10 Å². The summed E-state index contributed by atoms with van der Waals surface area (Å²) in [5.41, 5.74) is 3.07. The maximum Gasteiger partial charge on any atom is 0.235 e. The van der Waals surface area contributed by atoms with Crippen LogP contribution in [0.25, 0.3) is 10.9 Å². The van der Waals surface area contributed by atoms with Gasteiger partial charge in [-0.15, -0.1) is 0 Å². The highest BCUT2D eigenvalue weighted by atomic mass is 16.2. The molecule has 2 aliphatic heterocycles. The van der Waals surface area contributed by atoms with Gasteiger partial charge < -0.3 is 4.90 Å². The lowest BCUT2D eigenvalue weighted by atomic mass is 9.83. The number of carbonyl (C=O) groups excluding carboxylic acids is 2. The zero-order chi connectivity index (χ0) is 23.7. The van der Waals surface area contributed by atoms with Crippen LogP contribution >= 0.6 is 0 Å². The third kappa shape index (κ3) is 4.85. The van der Waals surface area contributed by atoms with Crippen LogP contribution in [0, 0.1) is 11.8 Å². The Morgan fingerprint density at radius 3 is 2.56 bits per heavy atom. The van der Waals surface area contributed by atoms with Crippen LogP contribution in [0.1, 0.15) is 69.9 Å². The maximum absolute atomic E-state index is 12.5. The number of rotatable bonds is 6. The molecular formula is C27H39N5O2. The summed E-state index contributed by atoms with van der Waals surface area (Å²) in [6, 6.07) is 6.32. The van der Waals surface area contributed by atoms with Crippen molar-refractivity contribution in [2.75, 3.05) is 37.6 Å². The number of nitrogens with one attached hydrogen (secondary N) is 1. The van der Waals surface area contributed by atoms with E-state index in [1.165, 1.54) is 50.8 Å². The minimum Gasteiger partial charge on any atom is -0.367 e. The standard InChI is InChI=1S/C27H39N5O2/c1-19(17-20-7-4-3-5-8-20)18-31-13-15-32(16-14-31)23-10-6-9-21-25(29-30(2)26(21)23)22-11-12-24(33)28-27(22)34/h6,9-10,19-20,22H,3-5,7-8,11-18H2,1-2H3,(H,28,33,34)/t19-,22?/m0/s1. The number of aromatic nitrogens is 2. The first-order chi connectivity index (χ1) is 16.5. The van der Waals surface area contributed by atoms with Gasteiger partial charge in [0.05, 0.1) is 22.8 Å². The molecule has 2 aromatic rings. The van der Waals surface area contributed by atoms with E-state index in [1.807, 2.05) is 11.7 Å². The van der Waals surface area contributed by atoms with E-state index >= 15 is 0 Å². The van der Waals surface area contributed by atoms with Gasteiger partial charge >= 0.3 is 0 Å². The number of amides is 2. The third-order valence-electron chi connectivity index (χ3n) is 8.18. The number of carbonyl (C=O) groups is 2. The van der Waals surface area contributed by atoms with Crippen LogP contribution in [0.5, 0.6) is 0 Å². The monoisotopic (exact) mass is 465 g/mol. The van der Waals surface area contributed by atoms with E-state index in [9.17, 15) is 9.59 Å². The average Bonchev–Trinajstić information content (AvgIpc) is 3.17. The molecule has 1 aromatic heterocycles.